The molecule has 168 valence electrons. The van der Waals surface area contributed by atoms with Crippen molar-refractivity contribution in [1.29, 1.82) is 0 Å². The van der Waals surface area contributed by atoms with Crippen molar-refractivity contribution in [3.05, 3.63) is 78.4 Å². The van der Waals surface area contributed by atoms with Gasteiger partial charge in [-0.05, 0) is 36.4 Å². The molecule has 0 aliphatic carbocycles. The Labute approximate surface area is 184 Å². The number of ether oxygens (including phenoxy) is 2. The summed E-state index contributed by atoms with van der Waals surface area (Å²) in [5.74, 6) is -2.14. The van der Waals surface area contributed by atoms with Gasteiger partial charge in [-0.25, -0.2) is 17.2 Å². The molecule has 0 radical (unpaired) electrons. The molecule has 1 N–H and O–H groups in total. The van der Waals surface area contributed by atoms with Crippen LogP contribution in [0, 0.1) is 11.6 Å². The Morgan fingerprint density at radius 1 is 0.969 bits per heavy atom. The van der Waals surface area contributed by atoms with Gasteiger partial charge >= 0.3 is 0 Å². The molecule has 3 rings (SSSR count). The van der Waals surface area contributed by atoms with E-state index in [4.69, 9.17) is 9.47 Å². The van der Waals surface area contributed by atoms with Crippen molar-refractivity contribution in [1.82, 2.24) is 0 Å². The number of nitrogens with zero attached hydrogens (tertiary/aromatic N) is 1. The number of methoxy groups -OCH3 is 2. The van der Waals surface area contributed by atoms with Crippen molar-refractivity contribution < 1.29 is 31.5 Å². The zero-order valence-corrected chi connectivity index (χ0v) is 18.0. The highest BCUT2D eigenvalue weighted by molar-refractivity contribution is 7.92. The fourth-order valence-corrected chi connectivity index (χ4v) is 4.37. The Hall–Kier alpha value is -3.66. The maximum absolute atomic E-state index is 14.0. The van der Waals surface area contributed by atoms with E-state index in [-0.39, 0.29) is 22.0 Å². The van der Waals surface area contributed by atoms with Crippen molar-refractivity contribution >= 4 is 27.3 Å². The van der Waals surface area contributed by atoms with Gasteiger partial charge in [-0.15, -0.1) is 0 Å². The minimum absolute atomic E-state index is 0.0467. The van der Waals surface area contributed by atoms with Crippen LogP contribution in [0.1, 0.15) is 0 Å². The normalized spacial score (nSPS) is 11.0. The Morgan fingerprint density at radius 3 is 2.31 bits per heavy atom. The molecule has 0 saturated carbocycles. The van der Waals surface area contributed by atoms with E-state index in [1.165, 1.54) is 38.5 Å². The molecule has 0 aliphatic rings. The van der Waals surface area contributed by atoms with E-state index in [2.05, 4.69) is 5.32 Å². The number of hydrogen-bond donors (Lipinski definition) is 1. The lowest BCUT2D eigenvalue weighted by atomic mass is 10.2. The van der Waals surface area contributed by atoms with E-state index in [1.54, 1.807) is 24.3 Å². The van der Waals surface area contributed by atoms with Crippen LogP contribution in [0.3, 0.4) is 0 Å². The number of amides is 1. The van der Waals surface area contributed by atoms with Crippen molar-refractivity contribution in [3.63, 3.8) is 0 Å². The average Bonchev–Trinajstić information content (AvgIpc) is 2.79. The van der Waals surface area contributed by atoms with E-state index in [1.807, 2.05) is 0 Å². The number of halogens is 2. The van der Waals surface area contributed by atoms with Crippen molar-refractivity contribution in [2.24, 2.45) is 0 Å². The second kappa shape index (κ2) is 9.65. The standard InChI is InChI=1S/C22H20F2N2O5S/c1-30-16-9-11-21(31-2)20(13-16)26(32(28,29)17-6-4-3-5-7-17)14-22(27)25-19-10-8-15(23)12-18(19)24/h3-13H,14H2,1-2H3,(H,25,27). The molecule has 0 atom stereocenters. The molecule has 32 heavy (non-hydrogen) atoms. The van der Waals surface area contributed by atoms with E-state index in [9.17, 15) is 22.0 Å². The van der Waals surface area contributed by atoms with Gasteiger partial charge in [-0.3, -0.25) is 9.10 Å². The van der Waals surface area contributed by atoms with E-state index < -0.39 is 34.1 Å². The minimum atomic E-state index is -4.23. The number of anilines is 2. The molecule has 0 aromatic heterocycles. The third-order valence-corrected chi connectivity index (χ3v) is 6.25. The van der Waals surface area contributed by atoms with Crippen LogP contribution in [-0.4, -0.2) is 35.1 Å². The summed E-state index contributed by atoms with van der Waals surface area (Å²) in [7, 11) is -1.47. The highest BCUT2D eigenvalue weighted by Gasteiger charge is 2.30. The number of sulfonamides is 1. The first-order valence-electron chi connectivity index (χ1n) is 9.31. The van der Waals surface area contributed by atoms with Crippen LogP contribution in [0.4, 0.5) is 20.2 Å². The number of carbonyl (C=O) groups is 1. The van der Waals surface area contributed by atoms with Gasteiger partial charge in [-0.1, -0.05) is 18.2 Å². The predicted octanol–water partition coefficient (Wildman–Crippen LogP) is 3.82. The summed E-state index contributed by atoms with van der Waals surface area (Å²) in [5.41, 5.74) is -0.239. The summed E-state index contributed by atoms with van der Waals surface area (Å²) in [4.78, 5) is 12.7. The number of nitrogens with one attached hydrogen (secondary N) is 1. The predicted molar refractivity (Wildman–Crippen MR) is 116 cm³/mol. The smallest absolute Gasteiger partial charge is 0.264 e. The third-order valence-electron chi connectivity index (χ3n) is 4.48. The topological polar surface area (TPSA) is 84.9 Å². The molecule has 0 fully saturated rings. The second-order valence-electron chi connectivity index (χ2n) is 6.53. The van der Waals surface area contributed by atoms with Crippen molar-refractivity contribution in [3.8, 4) is 11.5 Å². The van der Waals surface area contributed by atoms with Gasteiger partial charge in [0.05, 0.1) is 30.5 Å². The van der Waals surface area contributed by atoms with Crippen LogP contribution in [0.15, 0.2) is 71.6 Å². The molecule has 0 aliphatic heterocycles. The lowest BCUT2D eigenvalue weighted by molar-refractivity contribution is -0.114. The first-order chi connectivity index (χ1) is 15.3. The van der Waals surface area contributed by atoms with Crippen LogP contribution < -0.4 is 19.1 Å². The van der Waals surface area contributed by atoms with Crippen LogP contribution in [-0.2, 0) is 14.8 Å². The first kappa shape index (κ1) is 23.0. The van der Waals surface area contributed by atoms with Gasteiger partial charge in [0, 0.05) is 12.1 Å². The monoisotopic (exact) mass is 462 g/mol. The Kier molecular flexibility index (Phi) is 6.94. The molecule has 0 bridgehead atoms. The third kappa shape index (κ3) is 4.97. The zero-order valence-electron chi connectivity index (χ0n) is 17.2. The molecular formula is C22H20F2N2O5S. The first-order valence-corrected chi connectivity index (χ1v) is 10.7. The van der Waals surface area contributed by atoms with Crippen molar-refractivity contribution in [2.45, 2.75) is 4.90 Å². The molecule has 1 amide bonds. The van der Waals surface area contributed by atoms with Gasteiger partial charge in [0.1, 0.15) is 29.7 Å². The number of rotatable bonds is 8. The molecule has 0 spiro atoms. The van der Waals surface area contributed by atoms with E-state index in [0.29, 0.717) is 11.8 Å². The summed E-state index contributed by atoms with van der Waals surface area (Å²) < 4.78 is 65.3. The van der Waals surface area contributed by atoms with Gasteiger partial charge in [0.15, 0.2) is 0 Å². The Bertz CT molecular complexity index is 1220. The van der Waals surface area contributed by atoms with Gasteiger partial charge < -0.3 is 14.8 Å². The SMILES string of the molecule is COc1ccc(OC)c(N(CC(=O)Nc2ccc(F)cc2F)S(=O)(=O)c2ccccc2)c1. The second-order valence-corrected chi connectivity index (χ2v) is 8.40. The molecule has 10 heteroatoms. The lowest BCUT2D eigenvalue weighted by Crippen LogP contribution is -2.38. The lowest BCUT2D eigenvalue weighted by Gasteiger charge is -2.26. The quantitative estimate of drug-likeness (QED) is 0.550. The molecule has 3 aromatic rings. The van der Waals surface area contributed by atoms with Gasteiger partial charge in [0.2, 0.25) is 5.91 Å². The zero-order chi connectivity index (χ0) is 23.3. The minimum Gasteiger partial charge on any atom is -0.497 e. The van der Waals surface area contributed by atoms with Crippen LogP contribution in [0.5, 0.6) is 11.5 Å². The summed E-state index contributed by atoms with van der Waals surface area (Å²) >= 11 is 0. The summed E-state index contributed by atoms with van der Waals surface area (Å²) in [6.45, 7) is -0.711. The largest absolute Gasteiger partial charge is 0.497 e. The van der Waals surface area contributed by atoms with E-state index in [0.717, 1.165) is 16.4 Å². The fraction of sp³-hybridized carbons (Fsp3) is 0.136. The molecular weight excluding hydrogens is 442 g/mol. The molecule has 0 saturated heterocycles. The molecule has 3 aromatic carbocycles. The Balaban J connectivity index is 2.04. The number of hydrogen-bond acceptors (Lipinski definition) is 5. The van der Waals surface area contributed by atoms with Crippen molar-refractivity contribution in [2.75, 3.05) is 30.4 Å². The highest BCUT2D eigenvalue weighted by Crippen LogP contribution is 2.35. The average molecular weight is 462 g/mol. The number of carbonyl (C=O) groups excluding carboxylic acids is 1. The maximum atomic E-state index is 14.0. The summed E-state index contributed by atoms with van der Waals surface area (Å²) in [5, 5.41) is 2.27. The maximum Gasteiger partial charge on any atom is 0.264 e. The summed E-state index contributed by atoms with van der Waals surface area (Å²) in [6.07, 6.45) is 0. The summed E-state index contributed by atoms with van der Waals surface area (Å²) in [6, 6.07) is 14.6. The van der Waals surface area contributed by atoms with Crippen LogP contribution in [0.2, 0.25) is 0 Å². The van der Waals surface area contributed by atoms with Crippen LogP contribution in [0.25, 0.3) is 0 Å². The Morgan fingerprint density at radius 2 is 1.69 bits per heavy atom. The molecule has 7 nitrogen and oxygen atoms in total. The van der Waals surface area contributed by atoms with Gasteiger partial charge in [-0.2, -0.15) is 0 Å². The molecule has 0 unspecified atom stereocenters. The molecule has 0 heterocycles. The van der Waals surface area contributed by atoms with Gasteiger partial charge in [0.25, 0.3) is 10.0 Å². The highest BCUT2D eigenvalue weighted by atomic mass is 32.2. The number of benzene rings is 3. The van der Waals surface area contributed by atoms with E-state index >= 15 is 0 Å². The fourth-order valence-electron chi connectivity index (χ4n) is 2.92. The van der Waals surface area contributed by atoms with Crippen LogP contribution >= 0.6 is 0 Å².